The van der Waals surface area contributed by atoms with Gasteiger partial charge in [0.2, 0.25) is 11.7 Å². The molecule has 0 aliphatic carbocycles. The fraction of sp³-hybridized carbons (Fsp3) is 0.267. The Hall–Kier alpha value is -2.63. The third-order valence-corrected chi connectivity index (χ3v) is 3.15. The average Bonchev–Trinajstić information content (AvgIpc) is 3.10. The summed E-state index contributed by atoms with van der Waals surface area (Å²) in [4.78, 5) is 4.37. The third-order valence-electron chi connectivity index (χ3n) is 3.15. The number of aromatic nitrogens is 4. The van der Waals surface area contributed by atoms with Gasteiger partial charge in [-0.05, 0) is 19.1 Å². The fourth-order valence-electron chi connectivity index (χ4n) is 2.00. The molecule has 0 bridgehead atoms. The van der Waals surface area contributed by atoms with Crippen molar-refractivity contribution in [1.82, 2.24) is 19.9 Å². The monoisotopic (exact) mass is 283 g/mol. The Kier molecular flexibility index (Phi) is 3.68. The van der Waals surface area contributed by atoms with Crippen molar-refractivity contribution >= 4 is 5.69 Å². The lowest BCUT2D eigenvalue weighted by Crippen LogP contribution is -2.04. The van der Waals surface area contributed by atoms with Crippen LogP contribution >= 0.6 is 0 Å². The Bertz CT molecular complexity index is 714. The maximum atomic E-state index is 5.25. The number of nitrogens with zero attached hydrogens (tertiary/aromatic N) is 4. The lowest BCUT2D eigenvalue weighted by molar-refractivity contribution is 0.381. The first-order chi connectivity index (χ1) is 10.2. The molecule has 0 unspecified atom stereocenters. The second-order valence-electron chi connectivity index (χ2n) is 4.96. The molecule has 0 aliphatic rings. The topological polar surface area (TPSA) is 68.8 Å². The van der Waals surface area contributed by atoms with Gasteiger partial charge in [-0.15, -0.1) is 0 Å². The quantitative estimate of drug-likeness (QED) is 0.779. The molecule has 3 rings (SSSR count). The molecule has 2 heterocycles. The van der Waals surface area contributed by atoms with Gasteiger partial charge in [0.15, 0.2) is 0 Å². The summed E-state index contributed by atoms with van der Waals surface area (Å²) in [6, 6.07) is 8.28. The molecule has 0 radical (unpaired) electrons. The van der Waals surface area contributed by atoms with Crippen molar-refractivity contribution in [2.75, 3.05) is 11.9 Å². The van der Waals surface area contributed by atoms with Crippen molar-refractivity contribution < 1.29 is 4.52 Å². The van der Waals surface area contributed by atoms with Gasteiger partial charge in [-0.25, -0.2) is 0 Å². The van der Waals surface area contributed by atoms with Crippen LogP contribution < -0.4 is 5.32 Å². The molecule has 0 amide bonds. The van der Waals surface area contributed by atoms with E-state index in [0.29, 0.717) is 18.1 Å². The number of benzene rings is 1. The van der Waals surface area contributed by atoms with Crippen LogP contribution in [-0.4, -0.2) is 26.5 Å². The van der Waals surface area contributed by atoms with Gasteiger partial charge < -0.3 is 9.84 Å². The maximum absolute atomic E-state index is 5.25. The number of nitrogens with one attached hydrogen (secondary N) is 1. The maximum Gasteiger partial charge on any atom is 0.228 e. The summed E-state index contributed by atoms with van der Waals surface area (Å²) in [6.45, 7) is 2.82. The first-order valence-corrected chi connectivity index (χ1v) is 6.83. The fourth-order valence-corrected chi connectivity index (χ4v) is 2.00. The zero-order chi connectivity index (χ0) is 14.7. The molecule has 3 aromatic rings. The highest BCUT2D eigenvalue weighted by Crippen LogP contribution is 2.14. The largest absolute Gasteiger partial charge is 0.385 e. The summed E-state index contributed by atoms with van der Waals surface area (Å²) in [5.41, 5.74) is 3.20. The van der Waals surface area contributed by atoms with E-state index in [1.807, 2.05) is 13.2 Å². The highest BCUT2D eigenvalue weighted by atomic mass is 16.5. The van der Waals surface area contributed by atoms with Gasteiger partial charge in [-0.3, -0.25) is 4.68 Å². The van der Waals surface area contributed by atoms with Crippen LogP contribution in [0.25, 0.3) is 11.4 Å². The second-order valence-corrected chi connectivity index (χ2v) is 4.96. The van der Waals surface area contributed by atoms with Crippen molar-refractivity contribution in [1.29, 1.82) is 0 Å². The number of rotatable bonds is 5. The van der Waals surface area contributed by atoms with Crippen molar-refractivity contribution in [2.45, 2.75) is 13.3 Å². The van der Waals surface area contributed by atoms with Crippen LogP contribution in [0.4, 0.5) is 5.69 Å². The SMILES string of the molecule is Cc1ccc(NCCc2nc(-c3cnn(C)c3)no2)cc1. The van der Waals surface area contributed by atoms with E-state index in [-0.39, 0.29) is 0 Å². The predicted octanol–water partition coefficient (Wildman–Crippen LogP) is 2.43. The lowest BCUT2D eigenvalue weighted by atomic mass is 10.2. The Morgan fingerprint density at radius 2 is 2.05 bits per heavy atom. The Balaban J connectivity index is 1.56. The Labute approximate surface area is 122 Å². The van der Waals surface area contributed by atoms with E-state index in [4.69, 9.17) is 4.52 Å². The highest BCUT2D eigenvalue weighted by molar-refractivity contribution is 5.51. The molecule has 0 saturated carbocycles. The normalized spacial score (nSPS) is 10.8. The van der Waals surface area contributed by atoms with Gasteiger partial charge in [0.05, 0.1) is 11.8 Å². The molecule has 21 heavy (non-hydrogen) atoms. The van der Waals surface area contributed by atoms with Crippen LogP contribution in [-0.2, 0) is 13.5 Å². The molecule has 0 aliphatic heterocycles. The van der Waals surface area contributed by atoms with Crippen LogP contribution in [0.1, 0.15) is 11.5 Å². The summed E-state index contributed by atoms with van der Waals surface area (Å²) in [5, 5.41) is 11.4. The summed E-state index contributed by atoms with van der Waals surface area (Å²) in [7, 11) is 1.86. The molecular weight excluding hydrogens is 266 g/mol. The third kappa shape index (κ3) is 3.28. The van der Waals surface area contributed by atoms with Crippen LogP contribution in [0.2, 0.25) is 0 Å². The standard InChI is InChI=1S/C15H17N5O/c1-11-3-5-13(6-4-11)16-8-7-14-18-15(19-21-14)12-9-17-20(2)10-12/h3-6,9-10,16H,7-8H2,1-2H3. The van der Waals surface area contributed by atoms with E-state index in [1.165, 1.54) is 5.56 Å². The molecule has 0 atom stereocenters. The molecule has 108 valence electrons. The van der Waals surface area contributed by atoms with Crippen molar-refractivity contribution in [2.24, 2.45) is 7.05 Å². The van der Waals surface area contributed by atoms with Crippen LogP contribution in [0.5, 0.6) is 0 Å². The van der Waals surface area contributed by atoms with E-state index in [1.54, 1.807) is 10.9 Å². The van der Waals surface area contributed by atoms with Crippen LogP contribution in [0, 0.1) is 6.92 Å². The van der Waals surface area contributed by atoms with Crippen molar-refractivity contribution in [3.8, 4) is 11.4 Å². The van der Waals surface area contributed by atoms with Crippen LogP contribution in [0.3, 0.4) is 0 Å². The van der Waals surface area contributed by atoms with Gasteiger partial charge in [-0.1, -0.05) is 22.9 Å². The van der Waals surface area contributed by atoms with Crippen molar-refractivity contribution in [3.05, 3.63) is 48.1 Å². The number of hydrogen-bond acceptors (Lipinski definition) is 5. The van der Waals surface area contributed by atoms with E-state index < -0.39 is 0 Å². The van der Waals surface area contributed by atoms with Gasteiger partial charge in [-0.2, -0.15) is 10.1 Å². The number of anilines is 1. The average molecular weight is 283 g/mol. The molecule has 6 nitrogen and oxygen atoms in total. The summed E-state index contributed by atoms with van der Waals surface area (Å²) >= 11 is 0. The summed E-state index contributed by atoms with van der Waals surface area (Å²) in [5.74, 6) is 1.20. The molecule has 1 aromatic carbocycles. The van der Waals surface area contributed by atoms with Gasteiger partial charge in [0.25, 0.3) is 0 Å². The molecular formula is C15H17N5O. The lowest BCUT2D eigenvalue weighted by Gasteiger charge is -2.04. The molecule has 2 aromatic heterocycles. The zero-order valence-electron chi connectivity index (χ0n) is 12.1. The smallest absolute Gasteiger partial charge is 0.228 e. The summed E-state index contributed by atoms with van der Waals surface area (Å²) < 4.78 is 6.96. The van der Waals surface area contributed by atoms with Crippen LogP contribution in [0.15, 0.2) is 41.2 Å². The molecule has 0 saturated heterocycles. The first kappa shape index (κ1) is 13.4. The zero-order valence-corrected chi connectivity index (χ0v) is 12.1. The summed E-state index contributed by atoms with van der Waals surface area (Å²) in [6.07, 6.45) is 4.26. The van der Waals surface area contributed by atoms with E-state index in [0.717, 1.165) is 17.8 Å². The van der Waals surface area contributed by atoms with Gasteiger partial charge in [0, 0.05) is 31.9 Å². The van der Waals surface area contributed by atoms with E-state index >= 15 is 0 Å². The minimum atomic E-state index is 0.577. The van der Waals surface area contributed by atoms with Gasteiger partial charge in [0.1, 0.15) is 0 Å². The minimum absolute atomic E-state index is 0.577. The van der Waals surface area contributed by atoms with E-state index in [2.05, 4.69) is 51.7 Å². The van der Waals surface area contributed by atoms with Crippen molar-refractivity contribution in [3.63, 3.8) is 0 Å². The molecule has 0 fully saturated rings. The van der Waals surface area contributed by atoms with Gasteiger partial charge >= 0.3 is 0 Å². The highest BCUT2D eigenvalue weighted by Gasteiger charge is 2.09. The molecule has 0 spiro atoms. The minimum Gasteiger partial charge on any atom is -0.385 e. The predicted molar refractivity (Wildman–Crippen MR) is 79.9 cm³/mol. The number of aryl methyl sites for hydroxylation is 2. The number of hydrogen-bond donors (Lipinski definition) is 1. The molecule has 6 heteroatoms. The first-order valence-electron chi connectivity index (χ1n) is 6.83. The Morgan fingerprint density at radius 1 is 1.24 bits per heavy atom. The van der Waals surface area contributed by atoms with E-state index in [9.17, 15) is 0 Å². The second kappa shape index (κ2) is 5.78. The Morgan fingerprint density at radius 3 is 2.76 bits per heavy atom. The molecule has 1 N–H and O–H groups in total.